The van der Waals surface area contributed by atoms with Gasteiger partial charge in [-0.3, -0.25) is 4.79 Å². The van der Waals surface area contributed by atoms with Gasteiger partial charge >= 0.3 is 0 Å². The maximum atomic E-state index is 12.8. The summed E-state index contributed by atoms with van der Waals surface area (Å²) < 4.78 is 16.5. The van der Waals surface area contributed by atoms with Crippen molar-refractivity contribution < 1.29 is 18.5 Å². The van der Waals surface area contributed by atoms with Gasteiger partial charge in [0.25, 0.3) is 11.6 Å². The highest BCUT2D eigenvalue weighted by atomic mass is 16.5. The van der Waals surface area contributed by atoms with Crippen LogP contribution in [0.5, 0.6) is 0 Å². The predicted molar refractivity (Wildman–Crippen MR) is 106 cm³/mol. The van der Waals surface area contributed by atoms with Crippen LogP contribution in [0.2, 0.25) is 0 Å². The molecule has 28 heavy (non-hydrogen) atoms. The van der Waals surface area contributed by atoms with Crippen LogP contribution in [0.3, 0.4) is 0 Å². The van der Waals surface area contributed by atoms with E-state index in [1.165, 1.54) is 0 Å². The average molecular weight is 385 g/mol. The van der Waals surface area contributed by atoms with Crippen LogP contribution in [0.25, 0.3) is 22.4 Å². The van der Waals surface area contributed by atoms with Crippen molar-refractivity contribution in [2.75, 3.05) is 19.8 Å². The molecule has 0 spiro atoms. The third-order valence-corrected chi connectivity index (χ3v) is 4.57. The van der Waals surface area contributed by atoms with Gasteiger partial charge in [-0.05, 0) is 45.7 Å². The van der Waals surface area contributed by atoms with E-state index in [-0.39, 0.29) is 5.91 Å². The quantitative estimate of drug-likeness (QED) is 0.551. The van der Waals surface area contributed by atoms with Crippen molar-refractivity contribution in [1.82, 2.24) is 15.5 Å². The number of carbonyl (C=O) groups is 1. The third kappa shape index (κ3) is 4.42. The first-order valence-corrected chi connectivity index (χ1v) is 9.71. The number of nitrogens with zero attached hydrogens (tertiary/aromatic N) is 2. The van der Waals surface area contributed by atoms with Crippen molar-refractivity contribution in [1.29, 1.82) is 0 Å². The number of aryl methyl sites for hydroxylation is 3. The van der Waals surface area contributed by atoms with Gasteiger partial charge in [-0.15, -0.1) is 0 Å². The Morgan fingerprint density at radius 2 is 1.96 bits per heavy atom. The zero-order valence-electron chi connectivity index (χ0n) is 16.9. The lowest BCUT2D eigenvalue weighted by Crippen LogP contribution is -2.25. The smallest absolute Gasteiger partial charge is 0.259 e. The van der Waals surface area contributed by atoms with Crippen LogP contribution in [0.4, 0.5) is 0 Å². The number of hydrogen-bond donors (Lipinski definition) is 1. The molecule has 0 aromatic carbocycles. The number of unbranched alkanes of at least 4 members (excludes halogenated alkanes) is 1. The standard InChI is InChI=1S/C21H27N3O4/c1-5-6-9-26-10-7-8-22-20(25)17-12-18(16-11-13(2)27-15(16)4)23-21-19(17)14(3)24-28-21/h11-12H,5-10H2,1-4H3,(H,22,25). The van der Waals surface area contributed by atoms with Crippen LogP contribution >= 0.6 is 0 Å². The fourth-order valence-electron chi connectivity index (χ4n) is 3.12. The zero-order valence-corrected chi connectivity index (χ0v) is 16.9. The summed E-state index contributed by atoms with van der Waals surface area (Å²) in [5.41, 5.74) is 2.96. The molecule has 0 aliphatic heterocycles. The zero-order chi connectivity index (χ0) is 20.1. The Hall–Kier alpha value is -2.67. The SMILES string of the molecule is CCCCOCCCNC(=O)c1cc(-c2cc(C)oc2C)nc2onc(C)c12. The van der Waals surface area contributed by atoms with Crippen LogP contribution in [0.15, 0.2) is 21.1 Å². The Balaban J connectivity index is 1.78. The molecule has 0 aliphatic rings. The van der Waals surface area contributed by atoms with Gasteiger partial charge in [0.1, 0.15) is 11.5 Å². The Labute approximate surface area is 164 Å². The van der Waals surface area contributed by atoms with Gasteiger partial charge in [0.15, 0.2) is 0 Å². The van der Waals surface area contributed by atoms with Gasteiger partial charge in [-0.25, -0.2) is 4.98 Å². The van der Waals surface area contributed by atoms with Crippen LogP contribution in [0, 0.1) is 20.8 Å². The topological polar surface area (TPSA) is 90.4 Å². The molecule has 7 heteroatoms. The summed E-state index contributed by atoms with van der Waals surface area (Å²) in [6.45, 7) is 9.63. The lowest BCUT2D eigenvalue weighted by atomic mass is 10.1. The summed E-state index contributed by atoms with van der Waals surface area (Å²) in [7, 11) is 0. The van der Waals surface area contributed by atoms with Crippen molar-refractivity contribution >= 4 is 17.0 Å². The van der Waals surface area contributed by atoms with E-state index in [0.717, 1.165) is 43.0 Å². The largest absolute Gasteiger partial charge is 0.466 e. The lowest BCUT2D eigenvalue weighted by molar-refractivity contribution is 0.0942. The molecule has 3 rings (SSSR count). The number of furan rings is 1. The molecular formula is C21H27N3O4. The minimum Gasteiger partial charge on any atom is -0.466 e. The molecule has 0 saturated carbocycles. The molecule has 0 atom stereocenters. The Morgan fingerprint density at radius 3 is 2.68 bits per heavy atom. The first kappa shape index (κ1) is 20.1. The maximum Gasteiger partial charge on any atom is 0.259 e. The minimum absolute atomic E-state index is 0.175. The predicted octanol–water partition coefficient (Wildman–Crippen LogP) is 4.34. The average Bonchev–Trinajstić information content (AvgIpc) is 3.21. The second-order valence-corrected chi connectivity index (χ2v) is 6.91. The second kappa shape index (κ2) is 9.01. The molecule has 0 aliphatic carbocycles. The van der Waals surface area contributed by atoms with Crippen molar-refractivity contribution in [2.45, 2.75) is 47.0 Å². The maximum absolute atomic E-state index is 12.8. The molecule has 0 unspecified atom stereocenters. The van der Waals surface area contributed by atoms with E-state index in [1.807, 2.05) is 19.9 Å². The molecule has 150 valence electrons. The summed E-state index contributed by atoms with van der Waals surface area (Å²) in [6, 6.07) is 3.68. The van der Waals surface area contributed by atoms with Crippen LogP contribution in [-0.4, -0.2) is 35.8 Å². The third-order valence-electron chi connectivity index (χ3n) is 4.57. The summed E-state index contributed by atoms with van der Waals surface area (Å²) in [6.07, 6.45) is 2.94. The van der Waals surface area contributed by atoms with E-state index >= 15 is 0 Å². The Kier molecular flexibility index (Phi) is 6.46. The molecule has 3 aromatic rings. The first-order valence-electron chi connectivity index (χ1n) is 9.71. The number of aromatic nitrogens is 2. The number of amides is 1. The molecule has 0 radical (unpaired) electrons. The van der Waals surface area contributed by atoms with E-state index in [2.05, 4.69) is 22.4 Å². The summed E-state index contributed by atoms with van der Waals surface area (Å²) in [5, 5.41) is 7.57. The number of fused-ring (bicyclic) bond motifs is 1. The van der Waals surface area contributed by atoms with E-state index in [9.17, 15) is 4.79 Å². The fourth-order valence-corrected chi connectivity index (χ4v) is 3.12. The first-order chi connectivity index (χ1) is 13.5. The number of hydrogen-bond acceptors (Lipinski definition) is 6. The summed E-state index contributed by atoms with van der Waals surface area (Å²) in [5.74, 6) is 1.36. The minimum atomic E-state index is -0.175. The number of ether oxygens (including phenoxy) is 1. The summed E-state index contributed by atoms with van der Waals surface area (Å²) in [4.78, 5) is 17.4. The molecule has 0 saturated heterocycles. The normalized spacial score (nSPS) is 11.3. The fraction of sp³-hybridized carbons (Fsp3) is 0.476. The van der Waals surface area contributed by atoms with Gasteiger partial charge in [0, 0.05) is 25.3 Å². The van der Waals surface area contributed by atoms with Gasteiger partial charge in [0.2, 0.25) is 0 Å². The molecular weight excluding hydrogens is 358 g/mol. The van der Waals surface area contributed by atoms with Gasteiger partial charge in [-0.1, -0.05) is 18.5 Å². The number of carbonyl (C=O) groups excluding carboxylic acids is 1. The molecule has 0 bridgehead atoms. The van der Waals surface area contributed by atoms with E-state index < -0.39 is 0 Å². The van der Waals surface area contributed by atoms with Crippen molar-refractivity contribution in [3.8, 4) is 11.3 Å². The highest BCUT2D eigenvalue weighted by molar-refractivity contribution is 6.07. The number of rotatable bonds is 9. The lowest BCUT2D eigenvalue weighted by Gasteiger charge is -2.08. The van der Waals surface area contributed by atoms with Crippen molar-refractivity contribution in [2.24, 2.45) is 0 Å². The Bertz CT molecular complexity index is 958. The van der Waals surface area contributed by atoms with E-state index in [0.29, 0.717) is 41.2 Å². The van der Waals surface area contributed by atoms with Crippen LogP contribution in [-0.2, 0) is 4.74 Å². The number of pyridine rings is 1. The Morgan fingerprint density at radius 1 is 1.18 bits per heavy atom. The molecule has 0 fully saturated rings. The molecule has 1 N–H and O–H groups in total. The molecule has 3 aromatic heterocycles. The number of nitrogens with one attached hydrogen (secondary N) is 1. The van der Waals surface area contributed by atoms with Crippen molar-refractivity contribution in [3.63, 3.8) is 0 Å². The van der Waals surface area contributed by atoms with Gasteiger partial charge < -0.3 is 19.0 Å². The summed E-state index contributed by atoms with van der Waals surface area (Å²) >= 11 is 0. The van der Waals surface area contributed by atoms with E-state index in [1.54, 1.807) is 13.0 Å². The van der Waals surface area contributed by atoms with Gasteiger partial charge in [0.05, 0.1) is 22.3 Å². The monoisotopic (exact) mass is 385 g/mol. The van der Waals surface area contributed by atoms with E-state index in [4.69, 9.17) is 13.7 Å². The molecule has 3 heterocycles. The highest BCUT2D eigenvalue weighted by Crippen LogP contribution is 2.30. The second-order valence-electron chi connectivity index (χ2n) is 6.91. The van der Waals surface area contributed by atoms with Crippen molar-refractivity contribution in [3.05, 3.63) is 34.9 Å². The van der Waals surface area contributed by atoms with Crippen LogP contribution < -0.4 is 5.32 Å². The van der Waals surface area contributed by atoms with Crippen LogP contribution in [0.1, 0.15) is 53.8 Å². The molecule has 7 nitrogen and oxygen atoms in total. The molecule has 1 amide bonds. The van der Waals surface area contributed by atoms with Gasteiger partial charge in [-0.2, -0.15) is 0 Å². The highest BCUT2D eigenvalue weighted by Gasteiger charge is 2.20.